The average molecular weight is 409 g/mol. The smallest absolute Gasteiger partial charge is 0.269 e. The van der Waals surface area contributed by atoms with E-state index < -0.39 is 17.1 Å². The van der Waals surface area contributed by atoms with Crippen molar-refractivity contribution in [2.24, 2.45) is 0 Å². The van der Waals surface area contributed by atoms with Gasteiger partial charge in [-0.3, -0.25) is 14.9 Å². The van der Waals surface area contributed by atoms with E-state index in [9.17, 15) is 25.1 Å². The minimum absolute atomic E-state index is 0.0388. The van der Waals surface area contributed by atoms with Crippen LogP contribution in [0.5, 0.6) is 0 Å². The second-order valence-corrected chi connectivity index (χ2v) is 7.64. The maximum atomic E-state index is 12.2. The van der Waals surface area contributed by atoms with E-state index in [2.05, 4.69) is 12.2 Å². The molecule has 7 heteroatoms. The molecule has 0 aliphatic rings. The van der Waals surface area contributed by atoms with Crippen molar-refractivity contribution in [1.29, 1.82) is 0 Å². The van der Waals surface area contributed by atoms with Crippen LogP contribution in [0.2, 0.25) is 0 Å². The van der Waals surface area contributed by atoms with Gasteiger partial charge in [0.2, 0.25) is 5.91 Å². The van der Waals surface area contributed by atoms with Crippen molar-refractivity contribution >= 4 is 11.6 Å². The molecular formula is C22H36N2O5. The number of nitro groups is 1. The topological polar surface area (TPSA) is 113 Å². The van der Waals surface area contributed by atoms with Gasteiger partial charge in [0, 0.05) is 12.1 Å². The van der Waals surface area contributed by atoms with Gasteiger partial charge in [0.25, 0.3) is 5.69 Å². The Balaban J connectivity index is 2.28. The molecule has 0 radical (unpaired) electrons. The minimum atomic E-state index is -0.807. The minimum Gasteiger partial charge on any atom is -0.394 e. The molecule has 2 atom stereocenters. The molecule has 3 N–H and O–H groups in total. The lowest BCUT2D eigenvalue weighted by Crippen LogP contribution is -2.46. The molecule has 1 aromatic carbocycles. The van der Waals surface area contributed by atoms with E-state index in [0.717, 1.165) is 19.3 Å². The van der Waals surface area contributed by atoms with E-state index in [1.54, 1.807) is 6.07 Å². The van der Waals surface area contributed by atoms with Crippen molar-refractivity contribution in [2.75, 3.05) is 6.61 Å². The maximum absolute atomic E-state index is 12.2. The number of rotatable bonds is 16. The van der Waals surface area contributed by atoms with E-state index in [0.29, 0.717) is 12.0 Å². The molecule has 0 bridgehead atoms. The zero-order valence-electron chi connectivity index (χ0n) is 17.5. The van der Waals surface area contributed by atoms with Crippen molar-refractivity contribution in [3.8, 4) is 0 Å². The van der Waals surface area contributed by atoms with Gasteiger partial charge in [0.15, 0.2) is 0 Å². The van der Waals surface area contributed by atoms with Crippen LogP contribution in [-0.4, -0.2) is 39.8 Å². The van der Waals surface area contributed by atoms with Gasteiger partial charge >= 0.3 is 0 Å². The Hall–Kier alpha value is -1.99. The fraction of sp³-hybridized carbons (Fsp3) is 0.682. The third kappa shape index (κ3) is 10.9. The first-order valence-electron chi connectivity index (χ1n) is 10.8. The van der Waals surface area contributed by atoms with Crippen molar-refractivity contribution < 1.29 is 19.9 Å². The zero-order valence-corrected chi connectivity index (χ0v) is 17.5. The molecule has 164 valence electrons. The number of amides is 1. The SMILES string of the molecule is CCCCCCCCCCCC(O)C(CO)NC(=O)Cc1cccc([N+](=O)[O-])c1. The standard InChI is InChI=1S/C22H36N2O5/c1-2-3-4-5-6-7-8-9-10-14-21(26)20(17-25)23-22(27)16-18-12-11-13-19(15-18)24(28)29/h11-13,15,20-21,25-26H,2-10,14,16-17H2,1H3,(H,23,27). The number of nitrogens with zero attached hydrogens (tertiary/aromatic N) is 1. The summed E-state index contributed by atoms with van der Waals surface area (Å²) >= 11 is 0. The fourth-order valence-electron chi connectivity index (χ4n) is 3.35. The zero-order chi connectivity index (χ0) is 21.5. The molecule has 0 aliphatic heterocycles. The lowest BCUT2D eigenvalue weighted by molar-refractivity contribution is -0.384. The highest BCUT2D eigenvalue weighted by atomic mass is 16.6. The van der Waals surface area contributed by atoms with Gasteiger partial charge in [0.1, 0.15) is 0 Å². The molecule has 0 spiro atoms. The normalized spacial score (nSPS) is 13.1. The number of carbonyl (C=O) groups is 1. The van der Waals surface area contributed by atoms with Crippen LogP contribution in [0.25, 0.3) is 0 Å². The summed E-state index contributed by atoms with van der Waals surface area (Å²) in [5.74, 6) is -0.379. The Bertz CT molecular complexity index is 609. The largest absolute Gasteiger partial charge is 0.394 e. The van der Waals surface area contributed by atoms with Gasteiger partial charge in [-0.15, -0.1) is 0 Å². The van der Waals surface area contributed by atoms with Crippen molar-refractivity contribution in [3.05, 3.63) is 39.9 Å². The van der Waals surface area contributed by atoms with Gasteiger partial charge in [0.05, 0.1) is 30.1 Å². The predicted molar refractivity (Wildman–Crippen MR) is 114 cm³/mol. The Morgan fingerprint density at radius 3 is 2.31 bits per heavy atom. The van der Waals surface area contributed by atoms with Gasteiger partial charge < -0.3 is 15.5 Å². The highest BCUT2D eigenvalue weighted by molar-refractivity contribution is 5.79. The first-order valence-corrected chi connectivity index (χ1v) is 10.8. The average Bonchev–Trinajstić information content (AvgIpc) is 2.70. The van der Waals surface area contributed by atoms with Gasteiger partial charge in [-0.2, -0.15) is 0 Å². The Kier molecular flexibility index (Phi) is 12.9. The highest BCUT2D eigenvalue weighted by Crippen LogP contribution is 2.15. The Morgan fingerprint density at radius 2 is 1.72 bits per heavy atom. The molecule has 0 fully saturated rings. The molecule has 0 heterocycles. The van der Waals surface area contributed by atoms with Crippen LogP contribution in [0.4, 0.5) is 5.69 Å². The van der Waals surface area contributed by atoms with Crippen LogP contribution < -0.4 is 5.32 Å². The molecule has 0 saturated heterocycles. The fourth-order valence-corrected chi connectivity index (χ4v) is 3.35. The van der Waals surface area contributed by atoms with Crippen LogP contribution in [0.15, 0.2) is 24.3 Å². The molecule has 0 saturated carbocycles. The summed E-state index contributed by atoms with van der Waals surface area (Å²) in [6.07, 6.45) is 10.3. The number of carbonyl (C=O) groups excluding carboxylic acids is 1. The molecule has 7 nitrogen and oxygen atoms in total. The molecule has 0 aromatic heterocycles. The molecule has 2 unspecified atom stereocenters. The van der Waals surface area contributed by atoms with Crippen LogP contribution >= 0.6 is 0 Å². The number of hydrogen-bond acceptors (Lipinski definition) is 5. The monoisotopic (exact) mass is 408 g/mol. The van der Waals surface area contributed by atoms with Gasteiger partial charge in [-0.05, 0) is 12.0 Å². The number of nitro benzene ring substituents is 1. The Labute approximate surface area is 173 Å². The van der Waals surface area contributed by atoms with Crippen molar-refractivity contribution in [1.82, 2.24) is 5.32 Å². The summed E-state index contributed by atoms with van der Waals surface area (Å²) in [7, 11) is 0. The third-order valence-corrected chi connectivity index (χ3v) is 5.10. The number of aliphatic hydroxyl groups excluding tert-OH is 2. The molecule has 1 rings (SSSR count). The third-order valence-electron chi connectivity index (χ3n) is 5.10. The maximum Gasteiger partial charge on any atom is 0.269 e. The molecule has 1 amide bonds. The second-order valence-electron chi connectivity index (χ2n) is 7.64. The second kappa shape index (κ2) is 14.9. The summed E-state index contributed by atoms with van der Waals surface area (Å²) in [4.78, 5) is 22.5. The summed E-state index contributed by atoms with van der Waals surface area (Å²) in [6, 6.07) is 5.16. The first kappa shape index (κ1) is 25.0. The van der Waals surface area contributed by atoms with E-state index >= 15 is 0 Å². The van der Waals surface area contributed by atoms with E-state index in [1.165, 1.54) is 56.7 Å². The van der Waals surface area contributed by atoms with Gasteiger partial charge in [-0.25, -0.2) is 0 Å². The summed E-state index contributed by atoms with van der Waals surface area (Å²) in [5, 5.41) is 33.2. The summed E-state index contributed by atoms with van der Waals surface area (Å²) in [5.41, 5.74) is 0.446. The lowest BCUT2D eigenvalue weighted by Gasteiger charge is -2.22. The van der Waals surface area contributed by atoms with Crippen LogP contribution in [0.1, 0.15) is 76.7 Å². The van der Waals surface area contributed by atoms with Crippen LogP contribution in [-0.2, 0) is 11.2 Å². The molecule has 0 aliphatic carbocycles. The van der Waals surface area contributed by atoms with Crippen LogP contribution in [0.3, 0.4) is 0 Å². The number of hydrogen-bond donors (Lipinski definition) is 3. The number of non-ortho nitro benzene ring substituents is 1. The van der Waals surface area contributed by atoms with E-state index in [4.69, 9.17) is 0 Å². The molecule has 1 aromatic rings. The number of nitrogens with one attached hydrogen (secondary N) is 1. The Morgan fingerprint density at radius 1 is 1.10 bits per heavy atom. The first-order chi connectivity index (χ1) is 14.0. The van der Waals surface area contributed by atoms with Crippen LogP contribution in [0, 0.1) is 10.1 Å². The molecular weight excluding hydrogens is 372 g/mol. The molecule has 29 heavy (non-hydrogen) atoms. The van der Waals surface area contributed by atoms with E-state index in [1.807, 2.05) is 0 Å². The van der Waals surface area contributed by atoms with E-state index in [-0.39, 0.29) is 24.6 Å². The number of benzene rings is 1. The van der Waals surface area contributed by atoms with Crippen molar-refractivity contribution in [2.45, 2.75) is 89.7 Å². The lowest BCUT2D eigenvalue weighted by atomic mass is 10.0. The quantitative estimate of drug-likeness (QED) is 0.218. The number of aliphatic hydroxyl groups is 2. The summed E-state index contributed by atoms with van der Waals surface area (Å²) in [6.45, 7) is 1.86. The summed E-state index contributed by atoms with van der Waals surface area (Å²) < 4.78 is 0. The number of unbranched alkanes of at least 4 members (excludes halogenated alkanes) is 8. The highest BCUT2D eigenvalue weighted by Gasteiger charge is 2.20. The predicted octanol–water partition coefficient (Wildman–Crippen LogP) is 3.90. The van der Waals surface area contributed by atoms with Crippen molar-refractivity contribution in [3.63, 3.8) is 0 Å². The van der Waals surface area contributed by atoms with Gasteiger partial charge in [-0.1, -0.05) is 76.8 Å².